The van der Waals surface area contributed by atoms with Crippen molar-refractivity contribution in [2.45, 2.75) is 4.90 Å². The molecule has 9 heteroatoms. The molecule has 0 aliphatic carbocycles. The average Bonchev–Trinajstić information content (AvgIpc) is 2.55. The minimum Gasteiger partial charge on any atom is -0.382 e. The Kier molecular flexibility index (Phi) is 6.98. The molecule has 0 bridgehead atoms. The number of carbonyl (C=O) groups excluding carboxylic acids is 1. The van der Waals surface area contributed by atoms with Gasteiger partial charge in [-0.25, -0.2) is 13.4 Å². The van der Waals surface area contributed by atoms with Crippen LogP contribution >= 0.6 is 15.9 Å². The summed E-state index contributed by atoms with van der Waals surface area (Å²) in [6.07, 6.45) is 5.61. The number of ketones is 1. The second-order valence-corrected chi connectivity index (χ2v) is 6.93. The first-order chi connectivity index (χ1) is 10.8. The molecule has 1 aromatic heterocycles. The minimum absolute atomic E-state index is 0.0527. The summed E-state index contributed by atoms with van der Waals surface area (Å²) in [5, 5.41) is 7.15. The molecule has 122 valence electrons. The Morgan fingerprint density at radius 2 is 1.87 bits per heavy atom. The smallest absolute Gasteiger partial charge is 0.175 e. The quantitative estimate of drug-likeness (QED) is 0.347. The molecule has 1 aromatic carbocycles. The number of rotatable bonds is 4. The van der Waals surface area contributed by atoms with Gasteiger partial charge in [-0.3, -0.25) is 15.2 Å². The number of halogens is 1. The number of Topliss-reactive ketones (excluding diaryl/α,β-unsaturated/α-hetero) is 1. The van der Waals surface area contributed by atoms with Gasteiger partial charge in [0.2, 0.25) is 0 Å². The molecule has 0 aliphatic rings. The highest BCUT2D eigenvalue weighted by molar-refractivity contribution is 9.09. The van der Waals surface area contributed by atoms with Crippen LogP contribution in [0.15, 0.2) is 47.8 Å². The van der Waals surface area contributed by atoms with E-state index in [9.17, 15) is 13.2 Å². The van der Waals surface area contributed by atoms with Gasteiger partial charge >= 0.3 is 0 Å². The van der Waals surface area contributed by atoms with Crippen LogP contribution in [-0.4, -0.2) is 41.6 Å². The summed E-state index contributed by atoms with van der Waals surface area (Å²) in [6.45, 7) is 0. The van der Waals surface area contributed by atoms with Gasteiger partial charge in [0.1, 0.15) is 11.5 Å². The van der Waals surface area contributed by atoms with Crippen LogP contribution < -0.4 is 5.73 Å². The SMILES string of the molecule is CS(=O)(=O)c1ccc(C(=O)CBr)cc1.N=C(N)c1cnccn1. The lowest BCUT2D eigenvalue weighted by molar-refractivity contribution is 0.102. The van der Waals surface area contributed by atoms with Crippen LogP contribution in [0, 0.1) is 5.41 Å². The van der Waals surface area contributed by atoms with Crippen LogP contribution in [0.4, 0.5) is 0 Å². The molecule has 0 fully saturated rings. The predicted molar refractivity (Wildman–Crippen MR) is 90.7 cm³/mol. The van der Waals surface area contributed by atoms with Crippen LogP contribution in [0.3, 0.4) is 0 Å². The summed E-state index contributed by atoms with van der Waals surface area (Å²) >= 11 is 3.04. The fourth-order valence-electron chi connectivity index (χ4n) is 1.40. The van der Waals surface area contributed by atoms with E-state index in [4.69, 9.17) is 11.1 Å². The number of nitrogens with one attached hydrogen (secondary N) is 1. The molecule has 23 heavy (non-hydrogen) atoms. The second kappa shape index (κ2) is 8.49. The maximum atomic E-state index is 11.2. The van der Waals surface area contributed by atoms with Crippen molar-refractivity contribution in [2.75, 3.05) is 11.6 Å². The number of nitrogens with zero attached hydrogens (tertiary/aromatic N) is 2. The van der Waals surface area contributed by atoms with E-state index in [1.54, 1.807) is 0 Å². The summed E-state index contributed by atoms with van der Waals surface area (Å²) in [5.41, 5.74) is 6.02. The van der Waals surface area contributed by atoms with Crippen molar-refractivity contribution in [3.63, 3.8) is 0 Å². The van der Waals surface area contributed by atoms with Gasteiger partial charge < -0.3 is 5.73 Å². The molecule has 0 radical (unpaired) electrons. The zero-order valence-corrected chi connectivity index (χ0v) is 14.6. The van der Waals surface area contributed by atoms with Crippen LogP contribution in [0.2, 0.25) is 0 Å². The first-order valence-corrected chi connectivity index (χ1v) is 9.26. The van der Waals surface area contributed by atoms with Gasteiger partial charge in [-0.15, -0.1) is 0 Å². The van der Waals surface area contributed by atoms with Gasteiger partial charge in [0.25, 0.3) is 0 Å². The molecule has 0 atom stereocenters. The molecule has 1 heterocycles. The van der Waals surface area contributed by atoms with E-state index in [1.165, 1.54) is 42.9 Å². The number of alkyl halides is 1. The number of nitrogen functional groups attached to an aromatic ring is 1. The fourth-order valence-corrected chi connectivity index (χ4v) is 2.36. The highest BCUT2D eigenvalue weighted by Gasteiger charge is 2.08. The molecular formula is C14H15BrN4O3S. The molecule has 0 amide bonds. The number of carbonyl (C=O) groups is 1. The van der Waals surface area contributed by atoms with Crippen molar-refractivity contribution in [1.29, 1.82) is 5.41 Å². The van der Waals surface area contributed by atoms with E-state index in [-0.39, 0.29) is 21.8 Å². The van der Waals surface area contributed by atoms with Gasteiger partial charge in [0.05, 0.1) is 16.4 Å². The molecule has 0 saturated heterocycles. The summed E-state index contributed by atoms with van der Waals surface area (Å²) in [6, 6.07) is 5.90. The van der Waals surface area contributed by atoms with E-state index in [2.05, 4.69) is 25.9 Å². The molecule has 3 N–H and O–H groups in total. The lowest BCUT2D eigenvalue weighted by atomic mass is 10.2. The van der Waals surface area contributed by atoms with E-state index in [1.807, 2.05) is 0 Å². The third-order valence-electron chi connectivity index (χ3n) is 2.56. The van der Waals surface area contributed by atoms with Crippen molar-refractivity contribution in [1.82, 2.24) is 9.97 Å². The number of sulfone groups is 1. The number of aromatic nitrogens is 2. The summed E-state index contributed by atoms with van der Waals surface area (Å²) in [4.78, 5) is 18.9. The number of nitrogens with two attached hydrogens (primary N) is 1. The Balaban J connectivity index is 0.000000253. The topological polar surface area (TPSA) is 127 Å². The maximum absolute atomic E-state index is 11.2. The number of hydrogen-bond donors (Lipinski definition) is 2. The molecule has 0 unspecified atom stereocenters. The first kappa shape index (κ1) is 18.9. The molecule has 7 nitrogen and oxygen atoms in total. The Morgan fingerprint density at radius 1 is 1.26 bits per heavy atom. The van der Waals surface area contributed by atoms with Crippen molar-refractivity contribution in [3.8, 4) is 0 Å². The van der Waals surface area contributed by atoms with E-state index >= 15 is 0 Å². The van der Waals surface area contributed by atoms with E-state index < -0.39 is 9.84 Å². The van der Waals surface area contributed by atoms with Gasteiger partial charge in [-0.2, -0.15) is 0 Å². The Labute approximate surface area is 142 Å². The third-order valence-corrected chi connectivity index (χ3v) is 4.20. The van der Waals surface area contributed by atoms with Crippen molar-refractivity contribution in [2.24, 2.45) is 5.73 Å². The number of hydrogen-bond acceptors (Lipinski definition) is 6. The van der Waals surface area contributed by atoms with Crippen LogP contribution in [-0.2, 0) is 9.84 Å². The molecule has 0 spiro atoms. The monoisotopic (exact) mass is 398 g/mol. The molecular weight excluding hydrogens is 384 g/mol. The summed E-state index contributed by atoms with van der Waals surface area (Å²) in [5.74, 6) is -0.117. The Bertz CT molecular complexity index is 777. The van der Waals surface area contributed by atoms with Gasteiger partial charge in [0.15, 0.2) is 15.6 Å². The molecule has 2 rings (SSSR count). The van der Waals surface area contributed by atoms with Gasteiger partial charge in [-0.1, -0.05) is 28.1 Å². The first-order valence-electron chi connectivity index (χ1n) is 6.25. The van der Waals surface area contributed by atoms with E-state index in [0.717, 1.165) is 6.26 Å². The Morgan fingerprint density at radius 3 is 2.22 bits per heavy atom. The van der Waals surface area contributed by atoms with Crippen LogP contribution in [0.25, 0.3) is 0 Å². The van der Waals surface area contributed by atoms with Crippen LogP contribution in [0.1, 0.15) is 16.1 Å². The Hall–Kier alpha value is -2.13. The standard InChI is InChI=1S/C9H9BrO3S.C5H6N4/c1-14(12,13)8-4-2-7(3-5-8)9(11)6-10;6-5(7)4-3-8-1-2-9-4/h2-5H,6H2,1H3;1-3H,(H3,6,7). The van der Waals surface area contributed by atoms with E-state index in [0.29, 0.717) is 11.3 Å². The predicted octanol–water partition coefficient (Wildman–Crippen LogP) is 1.43. The summed E-state index contributed by atoms with van der Waals surface area (Å²) < 4.78 is 22.2. The van der Waals surface area contributed by atoms with Gasteiger partial charge in [0, 0.05) is 24.2 Å². The van der Waals surface area contributed by atoms with Crippen LogP contribution in [0.5, 0.6) is 0 Å². The van der Waals surface area contributed by atoms with Crippen molar-refractivity contribution in [3.05, 3.63) is 54.1 Å². The second-order valence-electron chi connectivity index (χ2n) is 4.36. The minimum atomic E-state index is -3.18. The highest BCUT2D eigenvalue weighted by Crippen LogP contribution is 2.11. The maximum Gasteiger partial charge on any atom is 0.175 e. The third kappa shape index (κ3) is 6.25. The number of benzene rings is 1. The molecule has 0 aliphatic heterocycles. The molecule has 0 saturated carbocycles. The lowest BCUT2D eigenvalue weighted by Gasteiger charge is -1.99. The largest absolute Gasteiger partial charge is 0.382 e. The van der Waals surface area contributed by atoms with Crippen molar-refractivity contribution >= 4 is 37.4 Å². The molecule has 2 aromatic rings. The fraction of sp³-hybridized carbons (Fsp3) is 0.143. The van der Waals surface area contributed by atoms with Crippen molar-refractivity contribution < 1.29 is 13.2 Å². The average molecular weight is 399 g/mol. The highest BCUT2D eigenvalue weighted by atomic mass is 79.9. The lowest BCUT2D eigenvalue weighted by Crippen LogP contribution is -2.12. The van der Waals surface area contributed by atoms with Gasteiger partial charge in [-0.05, 0) is 12.1 Å². The summed E-state index contributed by atoms with van der Waals surface area (Å²) in [7, 11) is -3.18. The number of amidine groups is 1. The normalized spacial score (nSPS) is 10.3. The zero-order valence-electron chi connectivity index (χ0n) is 12.2. The zero-order chi connectivity index (χ0) is 17.5.